The van der Waals surface area contributed by atoms with Gasteiger partial charge in [0.25, 0.3) is 0 Å². The second-order valence-electron chi connectivity index (χ2n) is 1.22. The number of nitrogens with zero attached hydrogens (tertiary/aromatic N) is 5. The molecule has 0 saturated heterocycles. The molecule has 0 aliphatic rings. The summed E-state index contributed by atoms with van der Waals surface area (Å²) in [6.45, 7) is 0.122. The van der Waals surface area contributed by atoms with Crippen molar-refractivity contribution in [3.05, 3.63) is 22.7 Å². The molecule has 1 aromatic heterocycles. The third-order valence-electron chi connectivity index (χ3n) is 0.676. The molecular formula is C3H3N5O. The lowest BCUT2D eigenvalue weighted by atomic mass is 10.7. The topological polar surface area (TPSA) is 87.7 Å². The van der Waals surface area contributed by atoms with Gasteiger partial charge in [0.1, 0.15) is 6.54 Å². The average Bonchev–Trinajstić information content (AvgIpc) is 2.34. The lowest BCUT2D eigenvalue weighted by Gasteiger charge is -1.76. The molecule has 0 radical (unpaired) electrons. The highest BCUT2D eigenvalue weighted by Gasteiger charge is 1.92. The second kappa shape index (κ2) is 2.68. The van der Waals surface area contributed by atoms with Gasteiger partial charge in [-0.3, -0.25) is 0 Å². The predicted octanol–water partition coefficient (Wildman–Crippen LogP) is 0.880. The molecule has 0 N–H and O–H groups in total. The monoisotopic (exact) mass is 125 g/mol. The average molecular weight is 125 g/mol. The molecule has 46 valence electrons. The van der Waals surface area contributed by atoms with E-state index in [0.717, 1.165) is 0 Å². The Labute approximate surface area is 50.1 Å². The first-order valence-corrected chi connectivity index (χ1v) is 2.20. The molecule has 0 spiro atoms. The molecule has 1 aromatic rings. The van der Waals surface area contributed by atoms with Crippen molar-refractivity contribution in [3.8, 4) is 0 Å². The van der Waals surface area contributed by atoms with Crippen molar-refractivity contribution in [2.75, 3.05) is 0 Å². The zero-order valence-electron chi connectivity index (χ0n) is 4.43. The Balaban J connectivity index is 2.57. The van der Waals surface area contributed by atoms with Crippen LogP contribution in [0.15, 0.2) is 16.0 Å². The summed E-state index contributed by atoms with van der Waals surface area (Å²) in [5.74, 6) is 0.327. The molecule has 6 heteroatoms. The molecule has 0 atom stereocenters. The quantitative estimate of drug-likeness (QED) is 0.334. The number of aromatic nitrogens is 2. The van der Waals surface area contributed by atoms with Crippen LogP contribution >= 0.6 is 0 Å². The maximum atomic E-state index is 7.83. The highest BCUT2D eigenvalue weighted by molar-refractivity contribution is 4.71. The van der Waals surface area contributed by atoms with Gasteiger partial charge in [-0.15, -0.1) is 0 Å². The summed E-state index contributed by atoms with van der Waals surface area (Å²) in [5, 5.41) is 6.50. The molecule has 0 aliphatic heterocycles. The highest BCUT2D eigenvalue weighted by atomic mass is 16.5. The normalized spacial score (nSPS) is 8.44. The molecule has 0 fully saturated rings. The van der Waals surface area contributed by atoms with Crippen LogP contribution in [0.2, 0.25) is 0 Å². The largest absolute Gasteiger partial charge is 0.340 e. The van der Waals surface area contributed by atoms with Crippen LogP contribution < -0.4 is 0 Å². The lowest BCUT2D eigenvalue weighted by molar-refractivity contribution is 0.379. The van der Waals surface area contributed by atoms with Crippen LogP contribution in [0.25, 0.3) is 10.4 Å². The van der Waals surface area contributed by atoms with Gasteiger partial charge in [0.2, 0.25) is 5.89 Å². The lowest BCUT2D eigenvalue weighted by Crippen LogP contribution is -1.75. The van der Waals surface area contributed by atoms with Crippen LogP contribution in [-0.4, -0.2) is 10.1 Å². The van der Waals surface area contributed by atoms with Crippen molar-refractivity contribution in [2.45, 2.75) is 6.54 Å². The van der Waals surface area contributed by atoms with Crippen LogP contribution in [-0.2, 0) is 6.54 Å². The first-order valence-electron chi connectivity index (χ1n) is 2.20. The van der Waals surface area contributed by atoms with Crippen LogP contribution in [0.3, 0.4) is 0 Å². The Bertz CT molecular complexity index is 210. The summed E-state index contributed by atoms with van der Waals surface area (Å²) in [4.78, 5) is 6.12. The Morgan fingerprint density at radius 2 is 2.78 bits per heavy atom. The minimum atomic E-state index is 0.122. The molecule has 0 bridgehead atoms. The minimum Gasteiger partial charge on any atom is -0.340 e. The molecule has 0 saturated carbocycles. The fourth-order valence-electron chi connectivity index (χ4n) is 0.358. The molecule has 0 aliphatic carbocycles. The van der Waals surface area contributed by atoms with E-state index in [1.165, 1.54) is 6.33 Å². The number of azide groups is 1. The standard InChI is InChI=1S/C3H3N5O/c4-8-6-1-3-5-2-7-9-3/h2H,1H2. The minimum absolute atomic E-state index is 0.122. The van der Waals surface area contributed by atoms with Crippen molar-refractivity contribution in [2.24, 2.45) is 5.11 Å². The first kappa shape index (κ1) is 5.58. The third kappa shape index (κ3) is 1.43. The van der Waals surface area contributed by atoms with E-state index < -0.39 is 0 Å². The second-order valence-corrected chi connectivity index (χ2v) is 1.22. The van der Waals surface area contributed by atoms with Gasteiger partial charge in [-0.05, 0) is 5.53 Å². The Kier molecular flexibility index (Phi) is 1.66. The summed E-state index contributed by atoms with van der Waals surface area (Å²) < 4.78 is 4.51. The van der Waals surface area contributed by atoms with Gasteiger partial charge in [0.15, 0.2) is 6.33 Å². The summed E-state index contributed by atoms with van der Waals surface area (Å²) in [5.41, 5.74) is 7.83. The van der Waals surface area contributed by atoms with Gasteiger partial charge >= 0.3 is 0 Å². The molecule has 9 heavy (non-hydrogen) atoms. The van der Waals surface area contributed by atoms with Gasteiger partial charge in [-0.25, -0.2) is 0 Å². The fraction of sp³-hybridized carbons (Fsp3) is 0.333. The zero-order chi connectivity index (χ0) is 6.53. The van der Waals surface area contributed by atoms with Gasteiger partial charge in [-0.2, -0.15) is 4.98 Å². The van der Waals surface area contributed by atoms with Crippen molar-refractivity contribution in [1.29, 1.82) is 0 Å². The first-order chi connectivity index (χ1) is 4.43. The molecule has 0 unspecified atom stereocenters. The molecule has 0 aromatic carbocycles. The fourth-order valence-corrected chi connectivity index (χ4v) is 0.358. The van der Waals surface area contributed by atoms with Crippen molar-refractivity contribution in [3.63, 3.8) is 0 Å². The predicted molar refractivity (Wildman–Crippen MR) is 27.1 cm³/mol. The van der Waals surface area contributed by atoms with Crippen molar-refractivity contribution >= 4 is 0 Å². The van der Waals surface area contributed by atoms with E-state index in [0.29, 0.717) is 5.89 Å². The van der Waals surface area contributed by atoms with Gasteiger partial charge in [0, 0.05) is 4.91 Å². The third-order valence-corrected chi connectivity index (χ3v) is 0.676. The summed E-state index contributed by atoms with van der Waals surface area (Å²) in [7, 11) is 0. The maximum Gasteiger partial charge on any atom is 0.232 e. The summed E-state index contributed by atoms with van der Waals surface area (Å²) >= 11 is 0. The molecule has 1 rings (SSSR count). The zero-order valence-corrected chi connectivity index (χ0v) is 4.43. The van der Waals surface area contributed by atoms with Gasteiger partial charge < -0.3 is 4.52 Å². The highest BCUT2D eigenvalue weighted by Crippen LogP contribution is 1.91. The van der Waals surface area contributed by atoms with Crippen molar-refractivity contribution < 1.29 is 4.52 Å². The molecule has 0 amide bonds. The van der Waals surface area contributed by atoms with E-state index in [1.54, 1.807) is 0 Å². The molecule has 1 heterocycles. The Morgan fingerprint density at radius 1 is 1.89 bits per heavy atom. The maximum absolute atomic E-state index is 7.83. The van der Waals surface area contributed by atoms with Crippen LogP contribution in [0.5, 0.6) is 0 Å². The number of hydrogen-bond donors (Lipinski definition) is 0. The summed E-state index contributed by atoms with van der Waals surface area (Å²) in [6.07, 6.45) is 1.25. The van der Waals surface area contributed by atoms with Crippen LogP contribution in [0.1, 0.15) is 5.89 Å². The SMILES string of the molecule is [N-]=[N+]=NCc1ncno1. The van der Waals surface area contributed by atoms with E-state index >= 15 is 0 Å². The summed E-state index contributed by atoms with van der Waals surface area (Å²) in [6, 6.07) is 0. The number of rotatable bonds is 2. The van der Waals surface area contributed by atoms with E-state index in [1.807, 2.05) is 0 Å². The van der Waals surface area contributed by atoms with Crippen molar-refractivity contribution in [1.82, 2.24) is 10.1 Å². The van der Waals surface area contributed by atoms with Gasteiger partial charge in [0.05, 0.1) is 0 Å². The Hall–Kier alpha value is -1.55. The van der Waals surface area contributed by atoms with E-state index in [4.69, 9.17) is 5.53 Å². The van der Waals surface area contributed by atoms with Gasteiger partial charge in [-0.1, -0.05) is 10.3 Å². The smallest absolute Gasteiger partial charge is 0.232 e. The van der Waals surface area contributed by atoms with E-state index in [-0.39, 0.29) is 6.54 Å². The van der Waals surface area contributed by atoms with Crippen LogP contribution in [0, 0.1) is 0 Å². The van der Waals surface area contributed by atoms with Crippen LogP contribution in [0.4, 0.5) is 0 Å². The molecule has 6 nitrogen and oxygen atoms in total. The Morgan fingerprint density at radius 3 is 3.33 bits per heavy atom. The molecular weight excluding hydrogens is 122 g/mol. The van der Waals surface area contributed by atoms with E-state index in [9.17, 15) is 0 Å². The number of hydrogen-bond acceptors (Lipinski definition) is 4. The van der Waals surface area contributed by atoms with E-state index in [2.05, 4.69) is 24.7 Å².